The van der Waals surface area contributed by atoms with E-state index in [4.69, 9.17) is 24.4 Å². The van der Waals surface area contributed by atoms with Gasteiger partial charge in [0, 0.05) is 77.6 Å². The van der Waals surface area contributed by atoms with E-state index >= 15 is 0 Å². The number of rotatable bonds is 13. The van der Waals surface area contributed by atoms with Gasteiger partial charge in [-0.2, -0.15) is 10.2 Å². The van der Waals surface area contributed by atoms with E-state index in [-0.39, 0.29) is 63.0 Å². The molecule has 2 atom stereocenters. The highest BCUT2D eigenvalue weighted by Crippen LogP contribution is 2.39. The number of aromatic nitrogens is 4. The SMILES string of the molecule is CCc1nn(C[C@@H](C)CO)c2c1C(=O)NCC1(CCOCC1)C2.CCc1nn(C[C@@H](C)COC(=O)c2ccc(S(C)(=O)=O)cc2)c2c1C(=O)NCC1(CCOCC1)C2.CS(=O)(=O)c1ccc(C(=O)O)cc1. The zero-order valence-electron chi connectivity index (χ0n) is 41.5. The Hall–Kier alpha value is -5.48. The Morgan fingerprint density at radius 3 is 1.45 bits per heavy atom. The summed E-state index contributed by atoms with van der Waals surface area (Å²) in [7, 11) is -6.57. The van der Waals surface area contributed by atoms with E-state index in [2.05, 4.69) is 15.7 Å². The molecule has 2 fully saturated rings. The highest BCUT2D eigenvalue weighted by molar-refractivity contribution is 7.91. The zero-order valence-corrected chi connectivity index (χ0v) is 43.1. The number of carboxylic acids is 1. The first-order valence-corrected chi connectivity index (χ1v) is 27.9. The zero-order chi connectivity index (χ0) is 51.7. The molecule has 2 spiro atoms. The number of carbonyl (C=O) groups excluding carboxylic acids is 3. The second-order valence-electron chi connectivity index (χ2n) is 19.4. The Morgan fingerprint density at radius 1 is 0.690 bits per heavy atom. The van der Waals surface area contributed by atoms with Crippen molar-refractivity contribution < 1.29 is 60.4 Å². The van der Waals surface area contributed by atoms with Crippen LogP contribution in [0.4, 0.5) is 0 Å². The number of ether oxygens (including phenoxy) is 3. The highest BCUT2D eigenvalue weighted by Gasteiger charge is 2.41. The largest absolute Gasteiger partial charge is 0.478 e. The van der Waals surface area contributed by atoms with Crippen molar-refractivity contribution in [2.24, 2.45) is 22.7 Å². The molecule has 2 amide bonds. The smallest absolute Gasteiger partial charge is 0.338 e. The molecule has 8 rings (SSSR count). The molecule has 4 aromatic rings. The van der Waals surface area contributed by atoms with Gasteiger partial charge in [0.2, 0.25) is 0 Å². The van der Waals surface area contributed by atoms with Crippen molar-refractivity contribution in [1.29, 1.82) is 0 Å². The van der Waals surface area contributed by atoms with Gasteiger partial charge in [-0.3, -0.25) is 19.0 Å². The van der Waals surface area contributed by atoms with Crippen molar-refractivity contribution in [2.75, 3.05) is 65.2 Å². The number of hydrogen-bond acceptors (Lipinski definition) is 14. The summed E-state index contributed by atoms with van der Waals surface area (Å²) in [6.45, 7) is 13.7. The van der Waals surface area contributed by atoms with Gasteiger partial charge in [-0.1, -0.05) is 27.7 Å². The number of sulfone groups is 2. The molecule has 0 saturated carbocycles. The first-order valence-electron chi connectivity index (χ1n) is 24.1. The van der Waals surface area contributed by atoms with Crippen molar-refractivity contribution >= 4 is 43.4 Å². The molecule has 2 saturated heterocycles. The first-order chi connectivity index (χ1) is 33.6. The molecule has 4 aliphatic rings. The molecule has 71 heavy (non-hydrogen) atoms. The number of hydrogen-bond donors (Lipinski definition) is 4. The highest BCUT2D eigenvalue weighted by atomic mass is 32.2. The van der Waals surface area contributed by atoms with Gasteiger partial charge in [0.1, 0.15) is 0 Å². The number of amides is 2. The van der Waals surface area contributed by atoms with Gasteiger partial charge in [0.15, 0.2) is 19.7 Å². The number of aromatic carboxylic acids is 1. The predicted molar refractivity (Wildman–Crippen MR) is 262 cm³/mol. The van der Waals surface area contributed by atoms with E-state index in [1.165, 1.54) is 48.5 Å². The van der Waals surface area contributed by atoms with Crippen LogP contribution in [0.2, 0.25) is 0 Å². The maximum Gasteiger partial charge on any atom is 0.338 e. The van der Waals surface area contributed by atoms with Crippen molar-refractivity contribution in [3.05, 3.63) is 93.6 Å². The topological polar surface area (TPSA) is 264 Å². The minimum atomic E-state index is -3.33. The molecular weight excluding hydrogens is 957 g/mol. The normalized spacial score (nSPS) is 18.1. The van der Waals surface area contributed by atoms with Gasteiger partial charge in [-0.15, -0.1) is 0 Å². The van der Waals surface area contributed by atoms with Gasteiger partial charge in [-0.25, -0.2) is 26.4 Å². The fraction of sp³-hybridized carbons (Fsp3) is 0.560. The van der Waals surface area contributed by atoms with Crippen LogP contribution in [0, 0.1) is 22.7 Å². The van der Waals surface area contributed by atoms with Gasteiger partial charge < -0.3 is 35.1 Å². The summed E-state index contributed by atoms with van der Waals surface area (Å²) in [5.41, 5.74) is 5.51. The molecule has 0 unspecified atom stereocenters. The molecule has 388 valence electrons. The van der Waals surface area contributed by atoms with Crippen LogP contribution in [0.5, 0.6) is 0 Å². The Kier molecular flexibility index (Phi) is 18.1. The number of nitrogens with zero attached hydrogens (tertiary/aromatic N) is 4. The van der Waals surface area contributed by atoms with Gasteiger partial charge >= 0.3 is 11.9 Å². The number of aliphatic hydroxyl groups is 1. The average molecular weight is 1030 g/mol. The summed E-state index contributed by atoms with van der Waals surface area (Å²) in [4.78, 5) is 48.8. The Balaban J connectivity index is 0.000000195. The molecule has 0 bridgehead atoms. The number of carboxylic acid groups (broad SMARTS) is 1. The van der Waals surface area contributed by atoms with Crippen molar-refractivity contribution in [2.45, 2.75) is 102 Å². The molecule has 0 aliphatic carbocycles. The maximum atomic E-state index is 13.0. The lowest BCUT2D eigenvalue weighted by Gasteiger charge is -2.36. The number of nitrogens with one attached hydrogen (secondary N) is 2. The molecular formula is C50H68N6O13S2. The molecule has 4 N–H and O–H groups in total. The van der Waals surface area contributed by atoms with Crippen molar-refractivity contribution in [3.63, 3.8) is 0 Å². The number of aliphatic hydroxyl groups excluding tert-OH is 1. The number of fused-ring (bicyclic) bond motifs is 2. The van der Waals surface area contributed by atoms with Crippen LogP contribution in [0.25, 0.3) is 0 Å². The Bertz CT molecular complexity index is 2760. The fourth-order valence-corrected chi connectivity index (χ4v) is 10.6. The van der Waals surface area contributed by atoms with Gasteiger partial charge in [0.25, 0.3) is 11.8 Å². The number of carbonyl (C=O) groups is 4. The monoisotopic (exact) mass is 1020 g/mol. The lowest BCUT2D eigenvalue weighted by molar-refractivity contribution is 0.0150. The quantitative estimate of drug-likeness (QED) is 0.136. The number of aryl methyl sites for hydroxylation is 2. The van der Waals surface area contributed by atoms with E-state index in [0.29, 0.717) is 56.9 Å². The van der Waals surface area contributed by atoms with E-state index in [9.17, 15) is 41.1 Å². The summed E-state index contributed by atoms with van der Waals surface area (Å²) in [5, 5.41) is 33.6. The van der Waals surface area contributed by atoms with Crippen LogP contribution in [0.15, 0.2) is 58.3 Å². The van der Waals surface area contributed by atoms with Gasteiger partial charge in [0.05, 0.1) is 61.4 Å². The summed E-state index contributed by atoms with van der Waals surface area (Å²) in [5.74, 6) is -1.56. The third kappa shape index (κ3) is 13.7. The summed E-state index contributed by atoms with van der Waals surface area (Å²) in [6.07, 6.45) is 8.93. The lowest BCUT2D eigenvalue weighted by Crippen LogP contribution is -2.41. The van der Waals surface area contributed by atoms with E-state index in [1.54, 1.807) is 0 Å². The van der Waals surface area contributed by atoms with Gasteiger partial charge in [-0.05, 0) is 117 Å². The van der Waals surface area contributed by atoms with Crippen molar-refractivity contribution in [1.82, 2.24) is 30.2 Å². The first kappa shape index (κ1) is 54.8. The predicted octanol–water partition coefficient (Wildman–Crippen LogP) is 4.37. The van der Waals surface area contributed by atoms with Crippen LogP contribution in [-0.2, 0) is 72.7 Å². The summed E-state index contributed by atoms with van der Waals surface area (Å²) < 4.78 is 65.6. The van der Waals surface area contributed by atoms with Crippen LogP contribution in [0.3, 0.4) is 0 Å². The number of benzene rings is 2. The maximum absolute atomic E-state index is 13.0. The van der Waals surface area contributed by atoms with E-state index < -0.39 is 31.6 Å². The van der Waals surface area contributed by atoms with Crippen LogP contribution < -0.4 is 10.6 Å². The molecule has 19 nitrogen and oxygen atoms in total. The van der Waals surface area contributed by atoms with Crippen LogP contribution in [-0.4, -0.2) is 136 Å². The van der Waals surface area contributed by atoms with Crippen LogP contribution in [0.1, 0.15) is 118 Å². The van der Waals surface area contributed by atoms with Crippen LogP contribution >= 0.6 is 0 Å². The minimum Gasteiger partial charge on any atom is -0.478 e. The molecule has 0 radical (unpaired) electrons. The second kappa shape index (κ2) is 23.4. The van der Waals surface area contributed by atoms with E-state index in [1.807, 2.05) is 37.1 Å². The third-order valence-corrected chi connectivity index (χ3v) is 15.9. The Morgan fingerprint density at radius 2 is 1.08 bits per heavy atom. The molecule has 2 aromatic carbocycles. The third-order valence-electron chi connectivity index (χ3n) is 13.7. The summed E-state index contributed by atoms with van der Waals surface area (Å²) in [6, 6.07) is 10.8. The lowest BCUT2D eigenvalue weighted by atomic mass is 9.76. The Labute approximate surface area is 415 Å². The number of esters is 1. The standard InChI is InChI=1S/C25H33N3O6S.C17H27N3O3.C8H8O4S/c1-4-20-22-21(13-25(16-26-23(22)29)9-11-33-12-10-25)28(27-20)14-17(2)15-34-24(30)18-5-7-19(8-6-18)35(3,31)32;1-3-13-15-14(20(19-13)9-12(2)10-21)8-17(11-18-16(15)22)4-6-23-7-5-17;1-13(11,12)7-4-2-6(3-5-7)8(9)10/h5-8,17H,4,9-16H2,1-3H3,(H,26,29);12,21H,3-11H2,1-2H3,(H,18,22);2-5H,1H3,(H,9,10)/t17-;12-;/m11./s1. The summed E-state index contributed by atoms with van der Waals surface area (Å²) >= 11 is 0. The molecule has 4 aliphatic heterocycles. The average Bonchev–Trinajstić information content (AvgIpc) is 3.77. The fourth-order valence-electron chi connectivity index (χ4n) is 9.33. The molecule has 21 heteroatoms. The second-order valence-corrected chi connectivity index (χ2v) is 23.5. The minimum absolute atomic E-state index is 0.00289. The van der Waals surface area contributed by atoms with Crippen molar-refractivity contribution in [3.8, 4) is 0 Å². The molecule has 6 heterocycles. The van der Waals surface area contributed by atoms with E-state index in [0.717, 1.165) is 99.0 Å². The molecule has 2 aromatic heterocycles.